The molecule has 0 radical (unpaired) electrons. The number of benzene rings is 2. The fraction of sp³-hybridized carbons (Fsp3) is 0.312. The zero-order valence-electron chi connectivity index (χ0n) is 12.7. The Morgan fingerprint density at radius 1 is 1.22 bits per heavy atom. The van der Waals surface area contributed by atoms with E-state index in [2.05, 4.69) is 4.74 Å². The lowest BCUT2D eigenvalue weighted by molar-refractivity contribution is -0.174. The summed E-state index contributed by atoms with van der Waals surface area (Å²) in [6.07, 6.45) is 0. The summed E-state index contributed by atoms with van der Waals surface area (Å²) in [5.74, 6) is -4.73. The topological polar surface area (TPSA) is 61.5 Å². The van der Waals surface area contributed by atoms with Crippen LogP contribution in [0.15, 0.2) is 36.4 Å². The largest absolute Gasteiger partial charge is 0.497 e. The van der Waals surface area contributed by atoms with Gasteiger partial charge < -0.3 is 15.2 Å². The Hall–Kier alpha value is -1.92. The lowest BCUT2D eigenvalue weighted by Gasteiger charge is -2.22. The predicted octanol–water partition coefficient (Wildman–Crippen LogP) is 3.47. The van der Waals surface area contributed by atoms with Gasteiger partial charge in [0, 0.05) is 0 Å². The van der Waals surface area contributed by atoms with Gasteiger partial charge in [0.2, 0.25) is 0 Å². The van der Waals surface area contributed by atoms with E-state index in [0.29, 0.717) is 5.75 Å². The van der Waals surface area contributed by atoms with Crippen LogP contribution in [0.4, 0.5) is 8.78 Å². The summed E-state index contributed by atoms with van der Waals surface area (Å²) in [6, 6.07) is 8.15. The fourth-order valence-electron chi connectivity index (χ4n) is 2.13. The highest BCUT2D eigenvalue weighted by Crippen LogP contribution is 2.32. The van der Waals surface area contributed by atoms with Crippen molar-refractivity contribution in [3.63, 3.8) is 0 Å². The molecule has 2 aromatic carbocycles. The zero-order chi connectivity index (χ0) is 16.3. The Bertz CT molecular complexity index is 694. The van der Waals surface area contributed by atoms with Gasteiger partial charge in [-0.1, -0.05) is 18.2 Å². The van der Waals surface area contributed by atoms with E-state index >= 15 is 0 Å². The molecule has 0 spiro atoms. The van der Waals surface area contributed by atoms with Crippen molar-refractivity contribution in [2.75, 3.05) is 13.7 Å². The molecule has 2 N–H and O–H groups in total. The van der Waals surface area contributed by atoms with E-state index in [1.165, 1.54) is 19.1 Å². The summed E-state index contributed by atoms with van der Waals surface area (Å²) >= 11 is 0. The second-order valence-electron chi connectivity index (χ2n) is 4.79. The van der Waals surface area contributed by atoms with Crippen LogP contribution in [0, 0.1) is 0 Å². The van der Waals surface area contributed by atoms with Crippen molar-refractivity contribution < 1.29 is 23.0 Å². The summed E-state index contributed by atoms with van der Waals surface area (Å²) in [7, 11) is 1.55. The van der Waals surface area contributed by atoms with Gasteiger partial charge in [0.1, 0.15) is 11.8 Å². The third kappa shape index (κ3) is 3.89. The van der Waals surface area contributed by atoms with Crippen molar-refractivity contribution >= 4 is 29.1 Å². The monoisotopic (exact) mass is 345 g/mol. The van der Waals surface area contributed by atoms with Crippen LogP contribution in [0.25, 0.3) is 10.8 Å². The Labute approximate surface area is 139 Å². The second-order valence-corrected chi connectivity index (χ2v) is 4.79. The number of esters is 1. The first-order valence-electron chi connectivity index (χ1n) is 6.78. The van der Waals surface area contributed by atoms with E-state index in [0.717, 1.165) is 10.8 Å². The smallest absolute Gasteiger partial charge is 0.379 e. The molecule has 0 saturated carbocycles. The highest BCUT2D eigenvalue weighted by Gasteiger charge is 2.47. The van der Waals surface area contributed by atoms with E-state index in [-0.39, 0.29) is 24.6 Å². The molecule has 0 aromatic heterocycles. The summed E-state index contributed by atoms with van der Waals surface area (Å²) in [4.78, 5) is 11.4. The normalized spacial score (nSPS) is 12.4. The van der Waals surface area contributed by atoms with E-state index < -0.39 is 17.9 Å². The molecule has 0 aliphatic carbocycles. The third-order valence-electron chi connectivity index (χ3n) is 3.37. The minimum Gasteiger partial charge on any atom is -0.497 e. The number of methoxy groups -OCH3 is 1. The van der Waals surface area contributed by atoms with E-state index in [1.54, 1.807) is 31.4 Å². The summed E-state index contributed by atoms with van der Waals surface area (Å²) in [6.45, 7) is 1.33. The maximum Gasteiger partial charge on any atom is 0.379 e. The van der Waals surface area contributed by atoms with Crippen LogP contribution in [-0.2, 0) is 9.53 Å². The van der Waals surface area contributed by atoms with Gasteiger partial charge in [-0.05, 0) is 41.5 Å². The quantitative estimate of drug-likeness (QED) is 0.843. The molecular weight excluding hydrogens is 328 g/mol. The molecule has 23 heavy (non-hydrogen) atoms. The van der Waals surface area contributed by atoms with Crippen LogP contribution in [0.5, 0.6) is 5.75 Å². The molecule has 0 aliphatic rings. The molecule has 4 nitrogen and oxygen atoms in total. The predicted molar refractivity (Wildman–Crippen MR) is 86.3 cm³/mol. The molecular formula is C16H18ClF2NO3. The van der Waals surface area contributed by atoms with Gasteiger partial charge >= 0.3 is 11.9 Å². The van der Waals surface area contributed by atoms with Crippen LogP contribution >= 0.6 is 12.4 Å². The Balaban J connectivity index is 0.00000264. The average Bonchev–Trinajstić information content (AvgIpc) is 2.53. The molecule has 126 valence electrons. The lowest BCUT2D eigenvalue weighted by atomic mass is 9.98. The molecule has 2 rings (SSSR count). The number of fused-ring (bicyclic) bond motifs is 1. The molecule has 0 amide bonds. The first-order valence-corrected chi connectivity index (χ1v) is 6.78. The first kappa shape index (κ1) is 19.1. The van der Waals surface area contributed by atoms with Crippen LogP contribution in [-0.4, -0.2) is 25.6 Å². The number of hydrogen-bond donors (Lipinski definition) is 1. The fourth-order valence-corrected chi connectivity index (χ4v) is 2.13. The average molecular weight is 346 g/mol. The maximum absolute atomic E-state index is 14.0. The van der Waals surface area contributed by atoms with Gasteiger partial charge in [-0.3, -0.25) is 0 Å². The number of rotatable bonds is 5. The number of alkyl halides is 2. The highest BCUT2D eigenvalue weighted by atomic mass is 35.5. The van der Waals surface area contributed by atoms with E-state index in [1.807, 2.05) is 0 Å². The Morgan fingerprint density at radius 3 is 2.43 bits per heavy atom. The molecule has 2 aromatic rings. The molecule has 7 heteroatoms. The minimum atomic E-state index is -3.78. The van der Waals surface area contributed by atoms with Gasteiger partial charge in [-0.15, -0.1) is 12.4 Å². The second kappa shape index (κ2) is 7.57. The number of carbonyl (C=O) groups is 1. The third-order valence-corrected chi connectivity index (χ3v) is 3.37. The lowest BCUT2D eigenvalue weighted by Crippen LogP contribution is -2.41. The molecule has 0 unspecified atom stereocenters. The number of hydrogen-bond acceptors (Lipinski definition) is 4. The van der Waals surface area contributed by atoms with Crippen LogP contribution in [0.1, 0.15) is 18.5 Å². The number of carbonyl (C=O) groups excluding carboxylic acids is 1. The summed E-state index contributed by atoms with van der Waals surface area (Å²) < 4.78 is 37.5. The molecule has 0 bridgehead atoms. The van der Waals surface area contributed by atoms with E-state index in [9.17, 15) is 13.6 Å². The van der Waals surface area contributed by atoms with Crippen LogP contribution in [0.3, 0.4) is 0 Å². The van der Waals surface area contributed by atoms with Gasteiger partial charge in [0.05, 0.1) is 13.7 Å². The molecule has 0 heterocycles. The maximum atomic E-state index is 14.0. The summed E-state index contributed by atoms with van der Waals surface area (Å²) in [5, 5.41) is 1.56. The highest BCUT2D eigenvalue weighted by molar-refractivity contribution is 5.86. The number of ether oxygens (including phenoxy) is 2. The van der Waals surface area contributed by atoms with Gasteiger partial charge in [0.15, 0.2) is 0 Å². The van der Waals surface area contributed by atoms with Crippen molar-refractivity contribution in [1.82, 2.24) is 0 Å². The van der Waals surface area contributed by atoms with E-state index in [4.69, 9.17) is 10.5 Å². The molecule has 0 aliphatic heterocycles. The Kier molecular flexibility index (Phi) is 6.29. The van der Waals surface area contributed by atoms with Crippen LogP contribution < -0.4 is 10.5 Å². The van der Waals surface area contributed by atoms with Gasteiger partial charge in [-0.25, -0.2) is 4.79 Å². The van der Waals surface area contributed by atoms with Gasteiger partial charge in [0.25, 0.3) is 0 Å². The number of nitrogens with two attached hydrogens (primary N) is 1. The van der Waals surface area contributed by atoms with Crippen molar-refractivity contribution in [3.8, 4) is 5.75 Å². The minimum absolute atomic E-state index is 0. The van der Waals surface area contributed by atoms with Crippen LogP contribution in [0.2, 0.25) is 0 Å². The Morgan fingerprint density at radius 2 is 1.83 bits per heavy atom. The van der Waals surface area contributed by atoms with Crippen molar-refractivity contribution in [2.45, 2.75) is 18.9 Å². The zero-order valence-corrected chi connectivity index (χ0v) is 13.5. The van der Waals surface area contributed by atoms with Gasteiger partial charge in [-0.2, -0.15) is 8.78 Å². The SMILES string of the molecule is CCOC(=O)C(F)(F)[C@@H](N)c1ccc2cc(OC)ccc2c1.Cl. The first-order chi connectivity index (χ1) is 10.4. The standard InChI is InChI=1S/C16H17F2NO3.ClH/c1-3-22-15(20)16(17,18)14(19)12-5-4-11-9-13(21-2)7-6-10(11)8-12;/h4-9,14H,3,19H2,1-2H3;1H/t14-;/m0./s1. The number of halogens is 3. The van der Waals surface area contributed by atoms with Crippen molar-refractivity contribution in [3.05, 3.63) is 42.0 Å². The molecule has 0 saturated heterocycles. The van der Waals surface area contributed by atoms with Crippen molar-refractivity contribution in [2.24, 2.45) is 5.73 Å². The van der Waals surface area contributed by atoms with Crippen molar-refractivity contribution in [1.29, 1.82) is 0 Å². The molecule has 0 fully saturated rings. The summed E-state index contributed by atoms with van der Waals surface area (Å²) in [5.41, 5.74) is 5.74. The molecule has 1 atom stereocenters.